The minimum absolute atomic E-state index is 0.265. The molecule has 0 amide bonds. The van der Waals surface area contributed by atoms with Crippen LogP contribution in [0.2, 0.25) is 0 Å². The van der Waals surface area contributed by atoms with E-state index >= 15 is 0 Å². The fraction of sp³-hybridized carbons (Fsp3) is 0.217. The van der Waals surface area contributed by atoms with Crippen LogP contribution in [0.4, 0.5) is 10.1 Å². The van der Waals surface area contributed by atoms with Gasteiger partial charge in [0.15, 0.2) is 11.5 Å². The fourth-order valence-electron chi connectivity index (χ4n) is 2.71. The maximum Gasteiger partial charge on any atom is 0.161 e. The van der Waals surface area contributed by atoms with Gasteiger partial charge in [-0.2, -0.15) is 0 Å². The fourth-order valence-corrected chi connectivity index (χ4v) is 2.71. The first-order valence-corrected chi connectivity index (χ1v) is 9.07. The molecule has 0 aliphatic heterocycles. The minimum Gasteiger partial charge on any atom is -0.490 e. The predicted octanol–water partition coefficient (Wildman–Crippen LogP) is 5.72. The second-order valence-corrected chi connectivity index (χ2v) is 6.35. The molecule has 0 unspecified atom stereocenters. The Morgan fingerprint density at radius 2 is 1.67 bits per heavy atom. The third-order valence-electron chi connectivity index (χ3n) is 4.14. The highest BCUT2D eigenvalue weighted by atomic mass is 19.1. The summed E-state index contributed by atoms with van der Waals surface area (Å²) in [4.78, 5) is 0. The number of nitrogens with one attached hydrogen (secondary N) is 1. The quantitative estimate of drug-likeness (QED) is 0.553. The molecule has 3 rings (SSSR count). The van der Waals surface area contributed by atoms with E-state index in [1.807, 2.05) is 31.2 Å². The lowest BCUT2D eigenvalue weighted by Crippen LogP contribution is -2.03. The molecule has 0 aliphatic rings. The Labute approximate surface area is 159 Å². The van der Waals surface area contributed by atoms with E-state index in [4.69, 9.17) is 9.47 Å². The van der Waals surface area contributed by atoms with Gasteiger partial charge in [-0.05, 0) is 61.4 Å². The molecule has 3 aromatic carbocycles. The molecule has 0 aliphatic carbocycles. The summed E-state index contributed by atoms with van der Waals surface area (Å²) in [5.74, 6) is 1.08. The van der Waals surface area contributed by atoms with Crippen LogP contribution in [0.15, 0.2) is 66.7 Å². The van der Waals surface area contributed by atoms with Gasteiger partial charge >= 0.3 is 0 Å². The van der Waals surface area contributed by atoms with E-state index in [0.717, 1.165) is 16.8 Å². The van der Waals surface area contributed by atoms with Gasteiger partial charge in [-0.15, -0.1) is 0 Å². The second-order valence-electron chi connectivity index (χ2n) is 6.35. The average Bonchev–Trinajstić information content (AvgIpc) is 2.67. The summed E-state index contributed by atoms with van der Waals surface area (Å²) >= 11 is 0. The van der Waals surface area contributed by atoms with Gasteiger partial charge in [0.05, 0.1) is 6.61 Å². The molecule has 4 heteroatoms. The highest BCUT2D eigenvalue weighted by Crippen LogP contribution is 2.29. The number of anilines is 1. The van der Waals surface area contributed by atoms with Gasteiger partial charge in [-0.3, -0.25) is 0 Å². The summed E-state index contributed by atoms with van der Waals surface area (Å²) in [6, 6.07) is 20.6. The SMILES string of the molecule is CCOc1cc(CNc2ccc(C)cc2)ccc1OCc1cccc(F)c1. The largest absolute Gasteiger partial charge is 0.490 e. The van der Waals surface area contributed by atoms with Crippen molar-refractivity contribution in [1.29, 1.82) is 0 Å². The van der Waals surface area contributed by atoms with Crippen molar-refractivity contribution in [1.82, 2.24) is 0 Å². The summed E-state index contributed by atoms with van der Waals surface area (Å²) < 4.78 is 24.9. The topological polar surface area (TPSA) is 30.5 Å². The molecule has 0 radical (unpaired) electrons. The Balaban J connectivity index is 1.67. The number of rotatable bonds is 8. The Hall–Kier alpha value is -3.01. The number of aryl methyl sites for hydroxylation is 1. The summed E-state index contributed by atoms with van der Waals surface area (Å²) in [6.07, 6.45) is 0. The van der Waals surface area contributed by atoms with Gasteiger partial charge in [0.25, 0.3) is 0 Å². The molecule has 0 saturated heterocycles. The minimum atomic E-state index is -0.265. The molecule has 0 spiro atoms. The number of halogens is 1. The molecule has 0 aromatic heterocycles. The molecule has 3 nitrogen and oxygen atoms in total. The van der Waals surface area contributed by atoms with Crippen LogP contribution in [0, 0.1) is 12.7 Å². The van der Waals surface area contributed by atoms with E-state index in [1.165, 1.54) is 17.7 Å². The van der Waals surface area contributed by atoms with Crippen molar-refractivity contribution in [2.24, 2.45) is 0 Å². The Bertz CT molecular complexity index is 878. The van der Waals surface area contributed by atoms with Gasteiger partial charge in [0.1, 0.15) is 12.4 Å². The van der Waals surface area contributed by atoms with E-state index in [2.05, 4.69) is 36.5 Å². The van der Waals surface area contributed by atoms with Gasteiger partial charge in [-0.25, -0.2) is 4.39 Å². The molecule has 1 N–H and O–H groups in total. The molecular formula is C23H24FNO2. The molecule has 27 heavy (non-hydrogen) atoms. The summed E-state index contributed by atoms with van der Waals surface area (Å²) in [6.45, 7) is 5.53. The maximum absolute atomic E-state index is 13.3. The van der Waals surface area contributed by atoms with Crippen molar-refractivity contribution < 1.29 is 13.9 Å². The lowest BCUT2D eigenvalue weighted by molar-refractivity contribution is 0.269. The molecule has 0 bridgehead atoms. The first-order valence-electron chi connectivity index (χ1n) is 9.07. The first-order chi connectivity index (χ1) is 13.1. The smallest absolute Gasteiger partial charge is 0.161 e. The lowest BCUT2D eigenvalue weighted by Gasteiger charge is -2.14. The van der Waals surface area contributed by atoms with Crippen LogP contribution in [0.5, 0.6) is 11.5 Å². The van der Waals surface area contributed by atoms with Gasteiger partial charge in [0, 0.05) is 12.2 Å². The first kappa shape index (κ1) is 18.8. The molecule has 0 saturated carbocycles. The van der Waals surface area contributed by atoms with Crippen LogP contribution >= 0.6 is 0 Å². The Morgan fingerprint density at radius 3 is 2.41 bits per heavy atom. The van der Waals surface area contributed by atoms with Crippen LogP contribution in [-0.2, 0) is 13.2 Å². The van der Waals surface area contributed by atoms with E-state index in [1.54, 1.807) is 6.07 Å². The zero-order valence-corrected chi connectivity index (χ0v) is 15.7. The van der Waals surface area contributed by atoms with Crippen LogP contribution < -0.4 is 14.8 Å². The van der Waals surface area contributed by atoms with Crippen molar-refractivity contribution in [3.05, 3.63) is 89.2 Å². The van der Waals surface area contributed by atoms with Crippen molar-refractivity contribution >= 4 is 5.69 Å². The Kier molecular flexibility index (Phi) is 6.31. The van der Waals surface area contributed by atoms with Crippen LogP contribution in [0.1, 0.15) is 23.6 Å². The Morgan fingerprint density at radius 1 is 0.852 bits per heavy atom. The molecular weight excluding hydrogens is 341 g/mol. The highest BCUT2D eigenvalue weighted by Gasteiger charge is 2.08. The highest BCUT2D eigenvalue weighted by molar-refractivity contribution is 5.47. The molecule has 3 aromatic rings. The molecule has 140 valence electrons. The van der Waals surface area contributed by atoms with Gasteiger partial charge < -0.3 is 14.8 Å². The van der Waals surface area contributed by atoms with E-state index in [9.17, 15) is 4.39 Å². The summed E-state index contributed by atoms with van der Waals surface area (Å²) in [7, 11) is 0. The zero-order valence-electron chi connectivity index (χ0n) is 15.7. The third kappa shape index (κ3) is 5.48. The van der Waals surface area contributed by atoms with Crippen LogP contribution in [0.25, 0.3) is 0 Å². The molecule has 0 fully saturated rings. The number of ether oxygens (including phenoxy) is 2. The standard InChI is InChI=1S/C23H24FNO2/c1-3-26-23-14-18(15-25-21-10-7-17(2)8-11-21)9-12-22(23)27-16-19-5-4-6-20(24)13-19/h4-14,25H,3,15-16H2,1-2H3. The summed E-state index contributed by atoms with van der Waals surface area (Å²) in [5, 5.41) is 3.40. The lowest BCUT2D eigenvalue weighted by atomic mass is 10.2. The predicted molar refractivity (Wildman–Crippen MR) is 107 cm³/mol. The summed E-state index contributed by atoms with van der Waals surface area (Å²) in [5.41, 5.74) is 4.18. The maximum atomic E-state index is 13.3. The second kappa shape index (κ2) is 9.08. The third-order valence-corrected chi connectivity index (χ3v) is 4.14. The number of hydrogen-bond acceptors (Lipinski definition) is 3. The normalized spacial score (nSPS) is 10.5. The molecule has 0 heterocycles. The van der Waals surface area contributed by atoms with Crippen LogP contribution in [0.3, 0.4) is 0 Å². The van der Waals surface area contributed by atoms with Crippen molar-refractivity contribution in [2.75, 3.05) is 11.9 Å². The van der Waals surface area contributed by atoms with E-state index < -0.39 is 0 Å². The average molecular weight is 365 g/mol. The van der Waals surface area contributed by atoms with Crippen molar-refractivity contribution in [3.8, 4) is 11.5 Å². The molecule has 0 atom stereocenters. The van der Waals surface area contributed by atoms with E-state index in [0.29, 0.717) is 31.3 Å². The van der Waals surface area contributed by atoms with Crippen LogP contribution in [-0.4, -0.2) is 6.61 Å². The van der Waals surface area contributed by atoms with Crippen molar-refractivity contribution in [2.45, 2.75) is 27.0 Å². The monoisotopic (exact) mass is 365 g/mol. The number of benzene rings is 3. The van der Waals surface area contributed by atoms with Crippen molar-refractivity contribution in [3.63, 3.8) is 0 Å². The number of hydrogen-bond donors (Lipinski definition) is 1. The van der Waals surface area contributed by atoms with Gasteiger partial charge in [-0.1, -0.05) is 35.9 Å². The van der Waals surface area contributed by atoms with Gasteiger partial charge in [0.2, 0.25) is 0 Å². The van der Waals surface area contributed by atoms with E-state index in [-0.39, 0.29) is 5.82 Å². The zero-order chi connectivity index (χ0) is 19.1.